The number of nitrogens with zero attached hydrogens (tertiary/aromatic N) is 5. The number of aromatic amines is 1. The Morgan fingerprint density at radius 2 is 2.14 bits per heavy atom. The molecule has 6 heteroatoms. The maximum atomic E-state index is 4.71. The molecule has 4 rings (SSSR count). The Labute approximate surface area is 124 Å². The van der Waals surface area contributed by atoms with Gasteiger partial charge >= 0.3 is 0 Å². The summed E-state index contributed by atoms with van der Waals surface area (Å²) in [6.45, 7) is 5.48. The van der Waals surface area contributed by atoms with Gasteiger partial charge in [0.15, 0.2) is 5.82 Å². The summed E-state index contributed by atoms with van der Waals surface area (Å²) in [7, 11) is 0. The molecule has 2 aromatic heterocycles. The quantitative estimate of drug-likeness (QED) is 0.919. The first-order chi connectivity index (χ1) is 10.3. The number of imidazole rings is 1. The molecule has 0 spiro atoms. The van der Waals surface area contributed by atoms with Gasteiger partial charge in [0, 0.05) is 32.3 Å². The van der Waals surface area contributed by atoms with Gasteiger partial charge < -0.3 is 9.47 Å². The van der Waals surface area contributed by atoms with Crippen molar-refractivity contribution in [1.29, 1.82) is 0 Å². The van der Waals surface area contributed by atoms with Crippen LogP contribution in [0, 0.1) is 5.92 Å². The van der Waals surface area contributed by atoms with Gasteiger partial charge in [-0.3, -0.25) is 5.10 Å². The van der Waals surface area contributed by atoms with Crippen molar-refractivity contribution in [2.75, 3.05) is 18.0 Å². The maximum absolute atomic E-state index is 4.71. The number of aryl methyl sites for hydroxylation is 2. The second kappa shape index (κ2) is 5.16. The van der Waals surface area contributed by atoms with Crippen LogP contribution in [0.4, 0.5) is 5.95 Å². The number of hydrogen-bond acceptors (Lipinski definition) is 4. The molecule has 0 radical (unpaired) electrons. The van der Waals surface area contributed by atoms with Gasteiger partial charge in [0.05, 0.1) is 0 Å². The number of rotatable bonds is 2. The number of H-pyrrole nitrogens is 1. The Morgan fingerprint density at radius 3 is 3.00 bits per heavy atom. The fourth-order valence-corrected chi connectivity index (χ4v) is 3.41. The lowest BCUT2D eigenvalue weighted by Crippen LogP contribution is -2.34. The largest absolute Gasteiger partial charge is 0.339 e. The first-order valence-electron chi connectivity index (χ1n) is 8.03. The molecule has 1 unspecified atom stereocenters. The summed E-state index contributed by atoms with van der Waals surface area (Å²) in [6, 6.07) is 0. The molecule has 0 aromatic carbocycles. The van der Waals surface area contributed by atoms with Gasteiger partial charge in [-0.05, 0) is 31.6 Å². The van der Waals surface area contributed by atoms with E-state index in [0.29, 0.717) is 0 Å². The van der Waals surface area contributed by atoms with E-state index in [0.717, 1.165) is 49.4 Å². The number of nitrogens with one attached hydrogen (secondary N) is 1. The molecular weight excluding hydrogens is 264 g/mol. The molecule has 1 atom stereocenters. The van der Waals surface area contributed by atoms with E-state index in [1.165, 1.54) is 31.5 Å². The summed E-state index contributed by atoms with van der Waals surface area (Å²) in [4.78, 5) is 11.7. The standard InChI is InChI=1S/C15H22N6/c1-11-5-4-8-21(9-11)15-17-14(18-19-15)12-10-20-7-3-2-6-13(20)16-12/h10-11H,2-9H2,1H3,(H,17,18,19). The highest BCUT2D eigenvalue weighted by atomic mass is 15.4. The summed E-state index contributed by atoms with van der Waals surface area (Å²) in [5, 5.41) is 7.46. The molecule has 1 saturated heterocycles. The van der Waals surface area contributed by atoms with Gasteiger partial charge in [-0.25, -0.2) is 4.98 Å². The van der Waals surface area contributed by atoms with E-state index in [9.17, 15) is 0 Å². The van der Waals surface area contributed by atoms with E-state index in [1.807, 2.05) is 0 Å². The molecule has 2 aliphatic rings. The monoisotopic (exact) mass is 286 g/mol. The minimum Gasteiger partial charge on any atom is -0.339 e. The molecule has 2 aliphatic heterocycles. The fourth-order valence-electron chi connectivity index (χ4n) is 3.41. The predicted octanol–water partition coefficient (Wildman–Crippen LogP) is 2.24. The van der Waals surface area contributed by atoms with E-state index in [4.69, 9.17) is 4.98 Å². The molecule has 21 heavy (non-hydrogen) atoms. The van der Waals surface area contributed by atoms with Crippen molar-refractivity contribution in [3.8, 4) is 11.5 Å². The van der Waals surface area contributed by atoms with Crippen molar-refractivity contribution >= 4 is 5.95 Å². The third kappa shape index (κ3) is 2.43. The van der Waals surface area contributed by atoms with Crippen molar-refractivity contribution in [2.24, 2.45) is 5.92 Å². The fraction of sp³-hybridized carbons (Fsp3) is 0.667. The van der Waals surface area contributed by atoms with Crippen LogP contribution in [0.1, 0.15) is 38.4 Å². The summed E-state index contributed by atoms with van der Waals surface area (Å²) in [6.07, 6.45) is 8.20. The highest BCUT2D eigenvalue weighted by molar-refractivity contribution is 5.51. The lowest BCUT2D eigenvalue weighted by Gasteiger charge is -2.29. The zero-order valence-corrected chi connectivity index (χ0v) is 12.5. The number of piperidine rings is 1. The summed E-state index contributed by atoms with van der Waals surface area (Å²) in [5.41, 5.74) is 0.927. The van der Waals surface area contributed by atoms with Crippen molar-refractivity contribution in [3.05, 3.63) is 12.0 Å². The Kier molecular flexibility index (Phi) is 3.16. The molecule has 6 nitrogen and oxygen atoms in total. The van der Waals surface area contributed by atoms with Crippen LogP contribution in [0.25, 0.3) is 11.5 Å². The van der Waals surface area contributed by atoms with Gasteiger partial charge in [-0.2, -0.15) is 4.98 Å². The minimum absolute atomic E-state index is 0.723. The Hall–Kier alpha value is -1.85. The van der Waals surface area contributed by atoms with E-state index in [2.05, 4.69) is 37.8 Å². The topological polar surface area (TPSA) is 62.6 Å². The molecular formula is C15H22N6. The van der Waals surface area contributed by atoms with Crippen LogP contribution in [0.5, 0.6) is 0 Å². The summed E-state index contributed by atoms with van der Waals surface area (Å²) in [5.74, 6) is 3.52. The van der Waals surface area contributed by atoms with Crippen molar-refractivity contribution in [2.45, 2.75) is 45.6 Å². The summed E-state index contributed by atoms with van der Waals surface area (Å²) < 4.78 is 2.25. The van der Waals surface area contributed by atoms with Crippen molar-refractivity contribution < 1.29 is 0 Å². The lowest BCUT2D eigenvalue weighted by molar-refractivity contribution is 0.442. The van der Waals surface area contributed by atoms with Gasteiger partial charge in [-0.15, -0.1) is 5.10 Å². The smallest absolute Gasteiger partial charge is 0.245 e. The highest BCUT2D eigenvalue weighted by Crippen LogP contribution is 2.23. The zero-order chi connectivity index (χ0) is 14.2. The van der Waals surface area contributed by atoms with Crippen LogP contribution in [0.2, 0.25) is 0 Å². The van der Waals surface area contributed by atoms with Crippen molar-refractivity contribution in [1.82, 2.24) is 24.7 Å². The van der Waals surface area contributed by atoms with Crippen LogP contribution < -0.4 is 4.90 Å². The number of aromatic nitrogens is 5. The maximum Gasteiger partial charge on any atom is 0.245 e. The normalized spacial score (nSPS) is 22.3. The molecule has 0 saturated carbocycles. The third-order valence-corrected chi connectivity index (χ3v) is 4.56. The van der Waals surface area contributed by atoms with E-state index in [1.54, 1.807) is 0 Å². The van der Waals surface area contributed by atoms with Gasteiger partial charge in [-0.1, -0.05) is 6.92 Å². The predicted molar refractivity (Wildman–Crippen MR) is 81.2 cm³/mol. The zero-order valence-electron chi connectivity index (χ0n) is 12.5. The molecule has 1 fully saturated rings. The Morgan fingerprint density at radius 1 is 1.19 bits per heavy atom. The minimum atomic E-state index is 0.723. The molecule has 4 heterocycles. The molecule has 0 amide bonds. The van der Waals surface area contributed by atoms with Crippen LogP contribution in [-0.2, 0) is 13.0 Å². The average Bonchev–Trinajstić information content (AvgIpc) is 3.14. The first kappa shape index (κ1) is 12.9. The van der Waals surface area contributed by atoms with E-state index < -0.39 is 0 Å². The third-order valence-electron chi connectivity index (χ3n) is 4.56. The van der Waals surface area contributed by atoms with Crippen molar-refractivity contribution in [3.63, 3.8) is 0 Å². The van der Waals surface area contributed by atoms with Gasteiger partial charge in [0.25, 0.3) is 0 Å². The number of anilines is 1. The molecule has 1 N–H and O–H groups in total. The highest BCUT2D eigenvalue weighted by Gasteiger charge is 2.21. The molecule has 112 valence electrons. The van der Waals surface area contributed by atoms with Gasteiger partial charge in [0.2, 0.25) is 5.95 Å². The number of hydrogen-bond donors (Lipinski definition) is 1. The Balaban J connectivity index is 1.57. The van der Waals surface area contributed by atoms with Crippen LogP contribution >= 0.6 is 0 Å². The summed E-state index contributed by atoms with van der Waals surface area (Å²) >= 11 is 0. The number of fused-ring (bicyclic) bond motifs is 1. The second-order valence-electron chi connectivity index (χ2n) is 6.37. The lowest BCUT2D eigenvalue weighted by atomic mass is 10.0. The average molecular weight is 286 g/mol. The van der Waals surface area contributed by atoms with E-state index in [-0.39, 0.29) is 0 Å². The van der Waals surface area contributed by atoms with Crippen LogP contribution in [0.15, 0.2) is 6.20 Å². The SMILES string of the molecule is CC1CCCN(c2n[nH]c(-c3cn4c(n3)CCCC4)n2)C1. The first-order valence-corrected chi connectivity index (χ1v) is 8.03. The van der Waals surface area contributed by atoms with Crippen LogP contribution in [-0.4, -0.2) is 37.8 Å². The Bertz CT molecular complexity index is 604. The molecule has 0 aliphatic carbocycles. The van der Waals surface area contributed by atoms with Gasteiger partial charge in [0.1, 0.15) is 11.5 Å². The molecule has 0 bridgehead atoms. The van der Waals surface area contributed by atoms with E-state index >= 15 is 0 Å². The van der Waals surface area contributed by atoms with Crippen LogP contribution in [0.3, 0.4) is 0 Å². The molecule has 2 aromatic rings. The second-order valence-corrected chi connectivity index (χ2v) is 6.37.